The first-order valence-corrected chi connectivity index (χ1v) is 9.93. The van der Waals surface area contributed by atoms with Crippen molar-refractivity contribution in [1.82, 2.24) is 14.5 Å². The highest BCUT2D eigenvalue weighted by Crippen LogP contribution is 2.27. The Hall–Kier alpha value is -4.46. The number of amides is 1. The van der Waals surface area contributed by atoms with Gasteiger partial charge in [-0.25, -0.2) is 4.98 Å². The lowest BCUT2D eigenvalue weighted by Crippen LogP contribution is -2.27. The van der Waals surface area contributed by atoms with Gasteiger partial charge in [0.05, 0.1) is 12.5 Å². The fraction of sp³-hybridized carbons (Fsp3) is 0.0833. The molecule has 0 atom stereocenters. The molecule has 8 nitrogen and oxygen atoms in total. The Morgan fingerprint density at radius 2 is 2.03 bits per heavy atom. The molecule has 8 heteroatoms. The van der Waals surface area contributed by atoms with E-state index >= 15 is 0 Å². The molecule has 158 valence electrons. The zero-order valence-corrected chi connectivity index (χ0v) is 17.1. The average Bonchev–Trinajstić information content (AvgIpc) is 3.18. The first-order valence-electron chi connectivity index (χ1n) is 9.93. The number of benzene rings is 2. The first-order chi connectivity index (χ1) is 15.6. The molecule has 1 amide bonds. The molecule has 0 bridgehead atoms. The Morgan fingerprint density at radius 3 is 2.84 bits per heavy atom. The van der Waals surface area contributed by atoms with Crippen molar-refractivity contribution in [1.29, 1.82) is 0 Å². The Morgan fingerprint density at radius 1 is 1.16 bits per heavy atom. The standard InChI is InChI=1S/C24H18N4O4/c1-15-11-16(8-9-19(15)31-17-5-4-10-25-12-17)27-21(29)13-28-14-26-22-18-6-2-3-7-20(18)32-23(22)24(28)30/h2-12,14H,13H2,1H3,(H,27,29). The van der Waals surface area contributed by atoms with Crippen LogP contribution in [0.15, 0.2) is 82.5 Å². The van der Waals surface area contributed by atoms with Crippen LogP contribution in [0.3, 0.4) is 0 Å². The lowest BCUT2D eigenvalue weighted by Gasteiger charge is -2.11. The third-order valence-corrected chi connectivity index (χ3v) is 4.99. The van der Waals surface area contributed by atoms with Crippen LogP contribution in [0, 0.1) is 6.92 Å². The lowest BCUT2D eigenvalue weighted by atomic mass is 10.2. The fourth-order valence-corrected chi connectivity index (χ4v) is 3.46. The number of rotatable bonds is 5. The largest absolute Gasteiger partial charge is 0.455 e. The van der Waals surface area contributed by atoms with Crippen LogP contribution < -0.4 is 15.6 Å². The molecule has 5 rings (SSSR count). The van der Waals surface area contributed by atoms with Gasteiger partial charge in [0.2, 0.25) is 11.5 Å². The molecule has 0 aliphatic rings. The average molecular weight is 426 g/mol. The summed E-state index contributed by atoms with van der Waals surface area (Å²) in [4.78, 5) is 33.7. The van der Waals surface area contributed by atoms with Crippen molar-refractivity contribution in [2.45, 2.75) is 13.5 Å². The van der Waals surface area contributed by atoms with Crippen molar-refractivity contribution >= 4 is 33.7 Å². The number of pyridine rings is 1. The topological polar surface area (TPSA) is 99.2 Å². The number of aromatic nitrogens is 3. The third-order valence-electron chi connectivity index (χ3n) is 4.99. The van der Waals surface area contributed by atoms with E-state index in [-0.39, 0.29) is 18.0 Å². The van der Waals surface area contributed by atoms with Crippen LogP contribution in [-0.4, -0.2) is 20.4 Å². The maximum Gasteiger partial charge on any atom is 0.297 e. The monoisotopic (exact) mass is 426 g/mol. The number of fused-ring (bicyclic) bond motifs is 3. The minimum atomic E-state index is -0.405. The van der Waals surface area contributed by atoms with Crippen molar-refractivity contribution < 1.29 is 13.9 Å². The minimum Gasteiger partial charge on any atom is -0.455 e. The molecule has 2 aromatic carbocycles. The Kier molecular flexibility index (Phi) is 4.87. The molecule has 1 N–H and O–H groups in total. The Labute approximate surface area is 182 Å². The van der Waals surface area contributed by atoms with Crippen LogP contribution in [-0.2, 0) is 11.3 Å². The van der Waals surface area contributed by atoms with Crippen molar-refractivity contribution in [3.05, 3.63) is 89.2 Å². The highest BCUT2D eigenvalue weighted by atomic mass is 16.5. The second kappa shape index (κ2) is 7.99. The number of carbonyl (C=O) groups is 1. The van der Waals surface area contributed by atoms with Gasteiger partial charge in [-0.05, 0) is 55.0 Å². The summed E-state index contributed by atoms with van der Waals surface area (Å²) in [5.74, 6) is 0.927. The number of aryl methyl sites for hydroxylation is 1. The molecule has 0 unspecified atom stereocenters. The van der Waals surface area contributed by atoms with Crippen molar-refractivity contribution in [2.24, 2.45) is 0 Å². The molecule has 3 aromatic heterocycles. The quantitative estimate of drug-likeness (QED) is 0.450. The van der Waals surface area contributed by atoms with E-state index < -0.39 is 5.56 Å². The second-order valence-corrected chi connectivity index (χ2v) is 7.27. The number of furan rings is 1. The number of hydrogen-bond donors (Lipinski definition) is 1. The zero-order valence-electron chi connectivity index (χ0n) is 17.1. The molecule has 32 heavy (non-hydrogen) atoms. The van der Waals surface area contributed by atoms with Gasteiger partial charge >= 0.3 is 0 Å². The smallest absolute Gasteiger partial charge is 0.297 e. The molecule has 0 spiro atoms. The zero-order chi connectivity index (χ0) is 22.1. The predicted octanol–water partition coefficient (Wildman–Crippen LogP) is 4.28. The SMILES string of the molecule is Cc1cc(NC(=O)Cn2cnc3c(oc4ccccc43)c2=O)ccc1Oc1cccnc1. The van der Waals surface area contributed by atoms with Crippen molar-refractivity contribution in [3.63, 3.8) is 0 Å². The van der Waals surface area contributed by atoms with Crippen LogP contribution in [0.2, 0.25) is 0 Å². The van der Waals surface area contributed by atoms with Crippen LogP contribution >= 0.6 is 0 Å². The molecule has 5 aromatic rings. The summed E-state index contributed by atoms with van der Waals surface area (Å²) >= 11 is 0. The maximum absolute atomic E-state index is 12.8. The molecule has 0 aliphatic carbocycles. The number of anilines is 1. The summed E-state index contributed by atoms with van der Waals surface area (Å²) in [6.07, 6.45) is 4.66. The molecule has 0 saturated heterocycles. The van der Waals surface area contributed by atoms with Gasteiger partial charge in [-0.15, -0.1) is 0 Å². The Bertz CT molecular complexity index is 1510. The van der Waals surface area contributed by atoms with Gasteiger partial charge in [-0.3, -0.25) is 19.1 Å². The summed E-state index contributed by atoms with van der Waals surface area (Å²) in [6.45, 7) is 1.69. The molecule has 0 aliphatic heterocycles. The number of hydrogen-bond acceptors (Lipinski definition) is 6. The predicted molar refractivity (Wildman–Crippen MR) is 120 cm³/mol. The molecule has 0 radical (unpaired) electrons. The molecule has 0 saturated carbocycles. The number of nitrogens with zero attached hydrogens (tertiary/aromatic N) is 3. The van der Waals surface area contributed by atoms with Crippen LogP contribution in [0.25, 0.3) is 22.1 Å². The number of para-hydroxylation sites is 1. The maximum atomic E-state index is 12.8. The van der Waals surface area contributed by atoms with E-state index in [0.717, 1.165) is 10.9 Å². The summed E-state index contributed by atoms with van der Waals surface area (Å²) < 4.78 is 12.7. The third kappa shape index (κ3) is 3.69. The van der Waals surface area contributed by atoms with Crippen molar-refractivity contribution in [3.8, 4) is 11.5 Å². The van der Waals surface area contributed by atoms with E-state index in [4.69, 9.17) is 9.15 Å². The van der Waals surface area contributed by atoms with E-state index in [1.807, 2.05) is 31.2 Å². The van der Waals surface area contributed by atoms with Crippen molar-refractivity contribution in [2.75, 3.05) is 5.32 Å². The number of ether oxygens (including phenoxy) is 1. The van der Waals surface area contributed by atoms with Crippen LogP contribution in [0.1, 0.15) is 5.56 Å². The molecule has 3 heterocycles. The van der Waals surface area contributed by atoms with Gasteiger partial charge in [0, 0.05) is 17.3 Å². The highest BCUT2D eigenvalue weighted by molar-refractivity contribution is 6.01. The van der Waals surface area contributed by atoms with E-state index in [0.29, 0.717) is 28.3 Å². The number of nitrogens with one attached hydrogen (secondary N) is 1. The highest BCUT2D eigenvalue weighted by Gasteiger charge is 2.15. The first kappa shape index (κ1) is 19.5. The lowest BCUT2D eigenvalue weighted by molar-refractivity contribution is -0.116. The summed E-state index contributed by atoms with van der Waals surface area (Å²) in [5.41, 5.74) is 2.23. The van der Waals surface area contributed by atoms with E-state index in [1.54, 1.807) is 42.7 Å². The summed E-state index contributed by atoms with van der Waals surface area (Å²) in [6, 6.07) is 16.2. The summed E-state index contributed by atoms with van der Waals surface area (Å²) in [7, 11) is 0. The normalized spacial score (nSPS) is 11.0. The van der Waals surface area contributed by atoms with Crippen LogP contribution in [0.4, 0.5) is 5.69 Å². The van der Waals surface area contributed by atoms with E-state index in [9.17, 15) is 9.59 Å². The number of carbonyl (C=O) groups excluding carboxylic acids is 1. The molecular formula is C24H18N4O4. The van der Waals surface area contributed by atoms with E-state index in [2.05, 4.69) is 15.3 Å². The van der Waals surface area contributed by atoms with Gasteiger partial charge in [-0.1, -0.05) is 12.1 Å². The van der Waals surface area contributed by atoms with Gasteiger partial charge in [0.15, 0.2) is 0 Å². The summed E-state index contributed by atoms with van der Waals surface area (Å²) in [5, 5.41) is 3.56. The van der Waals surface area contributed by atoms with Crippen LogP contribution in [0.5, 0.6) is 11.5 Å². The van der Waals surface area contributed by atoms with Gasteiger partial charge in [0.25, 0.3) is 5.56 Å². The van der Waals surface area contributed by atoms with E-state index in [1.165, 1.54) is 10.9 Å². The second-order valence-electron chi connectivity index (χ2n) is 7.27. The van der Waals surface area contributed by atoms with Gasteiger partial charge < -0.3 is 14.5 Å². The fourth-order valence-electron chi connectivity index (χ4n) is 3.46. The van der Waals surface area contributed by atoms with Gasteiger partial charge in [0.1, 0.15) is 29.1 Å². The minimum absolute atomic E-state index is 0.134. The van der Waals surface area contributed by atoms with Gasteiger partial charge in [-0.2, -0.15) is 0 Å². The molecular weight excluding hydrogens is 408 g/mol. The molecule has 0 fully saturated rings. The Balaban J connectivity index is 1.33.